The molecule has 311 valence electrons. The molecule has 3 aliphatic rings. The lowest BCUT2D eigenvalue weighted by atomic mass is 9.58. The number of nitrogens with zero attached hydrogens (tertiary/aromatic N) is 1. The van der Waals surface area contributed by atoms with Crippen LogP contribution < -0.4 is 21.1 Å². The molecule has 0 bridgehead atoms. The molecule has 1 radical (unpaired) electrons. The molecule has 4 heterocycles. The van der Waals surface area contributed by atoms with Crippen molar-refractivity contribution in [3.8, 4) is 33.4 Å². The molecule has 9 aromatic carbocycles. The molecule has 0 unspecified atom stereocenters. The van der Waals surface area contributed by atoms with Crippen molar-refractivity contribution in [2.45, 2.75) is 31.6 Å². The van der Waals surface area contributed by atoms with Crippen LogP contribution in [0.3, 0.4) is 0 Å². The number of rotatable bonds is 3. The molecule has 0 saturated heterocycles. The number of fused-ring (bicyclic) bond motifs is 16. The van der Waals surface area contributed by atoms with Gasteiger partial charge in [0.1, 0.15) is 11.2 Å². The first-order valence-corrected chi connectivity index (χ1v) is 23.7. The summed E-state index contributed by atoms with van der Waals surface area (Å²) in [6.45, 7) is 6.91. The highest BCUT2D eigenvalue weighted by Gasteiger charge is 2.50. The fraction of sp³-hybridized carbons (Fsp3) is 0.0820. The number of para-hydroxylation sites is 3. The summed E-state index contributed by atoms with van der Waals surface area (Å²) >= 11 is 1.87. The Balaban J connectivity index is 1.12. The van der Waals surface area contributed by atoms with Crippen molar-refractivity contribution >= 4 is 89.3 Å². The van der Waals surface area contributed by atoms with E-state index < -0.39 is 5.41 Å². The van der Waals surface area contributed by atoms with Crippen LogP contribution in [0.5, 0.6) is 0 Å². The molecular formula is C61H42BN2OS. The molecule has 0 fully saturated rings. The second-order valence-electron chi connectivity index (χ2n) is 19.0. The van der Waals surface area contributed by atoms with Crippen molar-refractivity contribution in [1.82, 2.24) is 0 Å². The third-order valence-corrected chi connectivity index (χ3v) is 15.7. The van der Waals surface area contributed by atoms with E-state index in [1.807, 2.05) is 11.3 Å². The average molecular weight is 862 g/mol. The van der Waals surface area contributed by atoms with Crippen LogP contribution in [-0.4, -0.2) is 7.28 Å². The maximum absolute atomic E-state index is 7.17. The van der Waals surface area contributed by atoms with Gasteiger partial charge >= 0.3 is 0 Å². The predicted molar refractivity (Wildman–Crippen MR) is 279 cm³/mol. The Kier molecular flexibility index (Phi) is 7.84. The van der Waals surface area contributed by atoms with Crippen LogP contribution in [0.4, 0.5) is 27.8 Å². The minimum absolute atomic E-state index is 0.0385. The van der Waals surface area contributed by atoms with Crippen LogP contribution in [0, 0.1) is 0 Å². The number of thiophene rings is 1. The zero-order valence-corrected chi connectivity index (χ0v) is 37.6. The molecule has 2 aliphatic heterocycles. The third kappa shape index (κ3) is 5.09. The SMILES string of the molecule is CC(C)(C)c1ccc(N2c3cc4c(oc5ccccc54)c(-c4cccc5c4Nc4ccccc4C54c5ccccc5-c5ccccc54)c3[B]c3c2sc2ccccc32)c(-c2ccccc2)c1. The van der Waals surface area contributed by atoms with Crippen molar-refractivity contribution in [2.24, 2.45) is 0 Å². The molecule has 66 heavy (non-hydrogen) atoms. The van der Waals surface area contributed by atoms with E-state index in [1.54, 1.807) is 0 Å². The van der Waals surface area contributed by atoms with Crippen LogP contribution in [0.2, 0.25) is 0 Å². The van der Waals surface area contributed by atoms with Gasteiger partial charge in [-0.15, -0.1) is 11.3 Å². The topological polar surface area (TPSA) is 28.4 Å². The molecule has 0 atom stereocenters. The van der Waals surface area contributed by atoms with Gasteiger partial charge in [-0.3, -0.25) is 0 Å². The Morgan fingerprint density at radius 2 is 1.18 bits per heavy atom. The maximum Gasteiger partial charge on any atom is 0.200 e. The van der Waals surface area contributed by atoms with Gasteiger partial charge in [0.05, 0.1) is 21.8 Å². The van der Waals surface area contributed by atoms with Crippen molar-refractivity contribution in [3.05, 3.63) is 222 Å². The van der Waals surface area contributed by atoms with Crippen LogP contribution in [-0.2, 0) is 10.8 Å². The van der Waals surface area contributed by atoms with Gasteiger partial charge in [-0.05, 0) is 103 Å². The van der Waals surface area contributed by atoms with Crippen molar-refractivity contribution in [2.75, 3.05) is 10.2 Å². The van der Waals surface area contributed by atoms with Crippen molar-refractivity contribution in [3.63, 3.8) is 0 Å². The summed E-state index contributed by atoms with van der Waals surface area (Å²) < 4.78 is 8.43. The molecule has 0 amide bonds. The highest BCUT2D eigenvalue weighted by Crippen LogP contribution is 2.62. The summed E-state index contributed by atoms with van der Waals surface area (Å²) in [7, 11) is 2.46. The summed E-state index contributed by atoms with van der Waals surface area (Å²) in [5.41, 5.74) is 21.6. The molecule has 0 saturated carbocycles. The Morgan fingerprint density at radius 1 is 0.530 bits per heavy atom. The van der Waals surface area contributed by atoms with Crippen LogP contribution in [0.25, 0.3) is 65.4 Å². The van der Waals surface area contributed by atoms with Gasteiger partial charge in [-0.25, -0.2) is 0 Å². The van der Waals surface area contributed by atoms with Gasteiger partial charge in [0.15, 0.2) is 7.28 Å². The molecule has 3 nitrogen and oxygen atoms in total. The quantitative estimate of drug-likeness (QED) is 0.179. The number of benzene rings is 9. The Morgan fingerprint density at radius 3 is 1.97 bits per heavy atom. The van der Waals surface area contributed by atoms with E-state index in [9.17, 15) is 0 Å². The number of nitrogens with one attached hydrogen (secondary N) is 1. The Bertz CT molecular complexity index is 3790. The zero-order chi connectivity index (χ0) is 43.9. The number of anilines is 5. The normalized spacial score (nSPS) is 14.0. The number of furan rings is 1. The van der Waals surface area contributed by atoms with Gasteiger partial charge in [0.25, 0.3) is 0 Å². The lowest BCUT2D eigenvalue weighted by molar-refractivity contribution is 0.590. The van der Waals surface area contributed by atoms with Crippen LogP contribution in [0.15, 0.2) is 199 Å². The first kappa shape index (κ1) is 37.7. The second kappa shape index (κ2) is 13.7. The van der Waals surface area contributed by atoms with E-state index in [0.717, 1.165) is 61.3 Å². The van der Waals surface area contributed by atoms with Crippen LogP contribution >= 0.6 is 11.3 Å². The van der Waals surface area contributed by atoms with E-state index in [-0.39, 0.29) is 5.41 Å². The van der Waals surface area contributed by atoms with E-state index in [0.29, 0.717) is 0 Å². The molecule has 1 aliphatic carbocycles. The van der Waals surface area contributed by atoms with Gasteiger partial charge in [-0.1, -0.05) is 178 Å². The lowest BCUT2D eigenvalue weighted by Crippen LogP contribution is -2.40. The first-order chi connectivity index (χ1) is 32.4. The fourth-order valence-electron chi connectivity index (χ4n) is 11.6. The molecule has 1 spiro atoms. The predicted octanol–water partition coefficient (Wildman–Crippen LogP) is 15.3. The minimum atomic E-state index is -0.548. The molecule has 14 rings (SSSR count). The smallest absolute Gasteiger partial charge is 0.200 e. The minimum Gasteiger partial charge on any atom is -0.455 e. The van der Waals surface area contributed by atoms with Gasteiger partial charge in [0.2, 0.25) is 0 Å². The molecular weight excluding hydrogens is 820 g/mol. The maximum atomic E-state index is 7.17. The zero-order valence-electron chi connectivity index (χ0n) is 36.8. The van der Waals surface area contributed by atoms with Gasteiger partial charge < -0.3 is 14.6 Å². The highest BCUT2D eigenvalue weighted by molar-refractivity contribution is 7.25. The average Bonchev–Trinajstić information content (AvgIpc) is 4.01. The molecule has 11 aromatic rings. The largest absolute Gasteiger partial charge is 0.455 e. The van der Waals surface area contributed by atoms with Crippen molar-refractivity contribution < 1.29 is 4.42 Å². The summed E-state index contributed by atoms with van der Waals surface area (Å²) in [6.07, 6.45) is 0. The van der Waals surface area contributed by atoms with Crippen LogP contribution in [0.1, 0.15) is 48.6 Å². The van der Waals surface area contributed by atoms with E-state index in [1.165, 1.54) is 70.6 Å². The molecule has 5 heteroatoms. The molecule has 1 N–H and O–H groups in total. The monoisotopic (exact) mass is 861 g/mol. The van der Waals surface area contributed by atoms with E-state index >= 15 is 0 Å². The standard InChI is InChI=1S/C61H42BN2OS/c1-60(2,3)37-32-33-50(43(34-37)36-18-5-4-6-19-36)64-51-35-44-40-22-9-15-30-52(40)65-58(44)54(56(51)62-55-41-23-10-16-31-53(41)66-59(55)64)42-24-17-28-48-57(42)63-49-29-14-13-27-47(49)61(48)45-25-11-7-20-38(45)39-21-8-12-26-46(39)61/h4-35,63H,1-3H3. The van der Waals surface area contributed by atoms with Gasteiger partial charge in [-0.2, -0.15) is 0 Å². The third-order valence-electron chi connectivity index (χ3n) is 14.5. The lowest BCUT2D eigenvalue weighted by Gasteiger charge is -2.41. The van der Waals surface area contributed by atoms with E-state index in [2.05, 4.69) is 232 Å². The summed E-state index contributed by atoms with van der Waals surface area (Å²) in [6, 6.07) is 71.8. The summed E-state index contributed by atoms with van der Waals surface area (Å²) in [5.74, 6) is 0. The van der Waals surface area contributed by atoms with Crippen molar-refractivity contribution in [1.29, 1.82) is 0 Å². The van der Waals surface area contributed by atoms with E-state index in [4.69, 9.17) is 4.42 Å². The summed E-state index contributed by atoms with van der Waals surface area (Å²) in [5, 5.41) is 8.75. The summed E-state index contributed by atoms with van der Waals surface area (Å²) in [4.78, 5) is 2.57. The Hall–Kier alpha value is -7.60. The second-order valence-corrected chi connectivity index (χ2v) is 20.1. The number of hydrogen-bond donors (Lipinski definition) is 1. The first-order valence-electron chi connectivity index (χ1n) is 22.9. The fourth-order valence-corrected chi connectivity index (χ4v) is 12.8. The highest BCUT2D eigenvalue weighted by atomic mass is 32.1. The van der Waals surface area contributed by atoms with Gasteiger partial charge in [0, 0.05) is 43.5 Å². The molecule has 2 aromatic heterocycles. The number of hydrogen-bond acceptors (Lipinski definition) is 4. The Labute approximate surface area is 388 Å².